The first-order valence-corrected chi connectivity index (χ1v) is 7.60. The van der Waals surface area contributed by atoms with Crippen LogP contribution in [0.5, 0.6) is 5.75 Å². The maximum atomic E-state index is 11.7. The number of ketones is 1. The largest absolute Gasteiger partial charge is 0.426 e. The van der Waals surface area contributed by atoms with Gasteiger partial charge in [0.25, 0.3) is 0 Å². The second kappa shape index (κ2) is 7.93. The Morgan fingerprint density at radius 3 is 2.38 bits per heavy atom. The number of esters is 1. The van der Waals surface area contributed by atoms with Crippen molar-refractivity contribution in [2.45, 2.75) is 38.6 Å². The lowest BCUT2D eigenvalue weighted by Gasteiger charge is -2.19. The van der Waals surface area contributed by atoms with Gasteiger partial charge in [0, 0.05) is 31.2 Å². The van der Waals surface area contributed by atoms with Crippen molar-refractivity contribution in [2.75, 3.05) is 0 Å². The first kappa shape index (κ1) is 17.4. The molecular weight excluding hydrogens is 338 g/mol. The van der Waals surface area contributed by atoms with Crippen molar-refractivity contribution in [3.8, 4) is 5.75 Å². The fourth-order valence-corrected chi connectivity index (χ4v) is 2.49. The lowest BCUT2D eigenvalue weighted by atomic mass is 9.98. The number of benzene rings is 1. The van der Waals surface area contributed by atoms with Crippen LogP contribution in [-0.4, -0.2) is 23.7 Å². The van der Waals surface area contributed by atoms with E-state index in [0.29, 0.717) is 11.1 Å². The minimum absolute atomic E-state index is 0.150. The number of ether oxygens (including phenoxy) is 1. The molecule has 0 aromatic heterocycles. The van der Waals surface area contributed by atoms with Crippen molar-refractivity contribution in [1.29, 1.82) is 0 Å². The molecule has 1 atom stereocenters. The zero-order valence-electron chi connectivity index (χ0n) is 12.2. The van der Waals surface area contributed by atoms with Crippen LogP contribution in [0.1, 0.15) is 31.9 Å². The summed E-state index contributed by atoms with van der Waals surface area (Å²) in [7, 11) is 0. The molecule has 21 heavy (non-hydrogen) atoms. The molecule has 0 bridgehead atoms. The lowest BCUT2D eigenvalue weighted by Crippen LogP contribution is -2.40. The van der Waals surface area contributed by atoms with E-state index in [9.17, 15) is 14.4 Å². The summed E-state index contributed by atoms with van der Waals surface area (Å²) >= 11 is 3.37. The third-order valence-corrected chi connectivity index (χ3v) is 3.51. The van der Waals surface area contributed by atoms with Gasteiger partial charge in [-0.1, -0.05) is 28.1 Å². The van der Waals surface area contributed by atoms with Crippen molar-refractivity contribution in [2.24, 2.45) is 0 Å². The van der Waals surface area contributed by atoms with Crippen LogP contribution in [0.25, 0.3) is 0 Å². The highest BCUT2D eigenvalue weighted by Gasteiger charge is 2.20. The Morgan fingerprint density at radius 1 is 1.24 bits per heavy atom. The number of carbonyl (C=O) groups excluding carboxylic acids is 3. The number of Topliss-reactive ketones (excluding diaryl/α,β-unsaturated/α-hetero) is 1. The molecule has 0 saturated carbocycles. The smallest absolute Gasteiger partial charge is 0.308 e. The number of halogens is 1. The number of carbonyl (C=O) groups is 3. The molecule has 0 heterocycles. The molecule has 1 aromatic carbocycles. The summed E-state index contributed by atoms with van der Waals surface area (Å²) in [5.74, 6) is -0.443. The molecule has 0 radical (unpaired) electrons. The van der Waals surface area contributed by atoms with E-state index in [0.717, 1.165) is 11.1 Å². The minimum Gasteiger partial charge on any atom is -0.426 e. The van der Waals surface area contributed by atoms with E-state index in [-0.39, 0.29) is 18.1 Å². The van der Waals surface area contributed by atoms with Crippen LogP contribution in [-0.2, 0) is 26.1 Å². The van der Waals surface area contributed by atoms with Crippen molar-refractivity contribution in [1.82, 2.24) is 5.32 Å². The van der Waals surface area contributed by atoms with Crippen LogP contribution in [0.4, 0.5) is 0 Å². The minimum atomic E-state index is -0.642. The van der Waals surface area contributed by atoms with Crippen molar-refractivity contribution in [3.05, 3.63) is 29.3 Å². The van der Waals surface area contributed by atoms with Gasteiger partial charge in [0.1, 0.15) is 5.75 Å². The lowest BCUT2D eigenvalue weighted by molar-refractivity contribution is -0.132. The molecule has 5 nitrogen and oxygen atoms in total. The highest BCUT2D eigenvalue weighted by molar-refractivity contribution is 9.08. The van der Waals surface area contributed by atoms with Gasteiger partial charge in [0.2, 0.25) is 5.91 Å². The van der Waals surface area contributed by atoms with Crippen LogP contribution >= 0.6 is 15.9 Å². The molecule has 0 fully saturated rings. The zero-order chi connectivity index (χ0) is 16.0. The molecule has 1 N–H and O–H groups in total. The van der Waals surface area contributed by atoms with Gasteiger partial charge in [0.15, 0.2) is 5.78 Å². The highest BCUT2D eigenvalue weighted by atomic mass is 79.9. The third kappa shape index (κ3) is 5.30. The SMILES string of the molecule is CC(=O)N[C@@H](Cc1c(CBr)cccc1OC(C)=O)C(C)=O. The van der Waals surface area contributed by atoms with Crippen LogP contribution in [0.15, 0.2) is 18.2 Å². The van der Waals surface area contributed by atoms with Crippen molar-refractivity contribution < 1.29 is 19.1 Å². The number of hydrogen-bond donors (Lipinski definition) is 1. The molecule has 1 aromatic rings. The van der Waals surface area contributed by atoms with Gasteiger partial charge in [-0.2, -0.15) is 0 Å². The van der Waals surface area contributed by atoms with E-state index >= 15 is 0 Å². The first-order chi connectivity index (χ1) is 9.85. The molecule has 114 valence electrons. The molecule has 0 unspecified atom stereocenters. The van der Waals surface area contributed by atoms with Gasteiger partial charge in [-0.3, -0.25) is 14.4 Å². The van der Waals surface area contributed by atoms with E-state index < -0.39 is 12.0 Å². The summed E-state index contributed by atoms with van der Waals surface area (Å²) in [5, 5.41) is 3.17. The van der Waals surface area contributed by atoms with Crippen LogP contribution in [0.3, 0.4) is 0 Å². The molecule has 1 rings (SSSR count). The highest BCUT2D eigenvalue weighted by Crippen LogP contribution is 2.26. The summed E-state index contributed by atoms with van der Waals surface area (Å²) in [4.78, 5) is 34.1. The zero-order valence-corrected chi connectivity index (χ0v) is 13.8. The molecule has 0 aliphatic heterocycles. The summed E-state index contributed by atoms with van der Waals surface area (Å²) in [6.45, 7) is 4.10. The molecular formula is C15H18BrNO4. The predicted molar refractivity (Wildman–Crippen MR) is 82.4 cm³/mol. The monoisotopic (exact) mass is 355 g/mol. The average molecular weight is 356 g/mol. The fraction of sp³-hybridized carbons (Fsp3) is 0.400. The third-order valence-electron chi connectivity index (χ3n) is 2.90. The first-order valence-electron chi connectivity index (χ1n) is 6.47. The number of alkyl halides is 1. The van der Waals surface area contributed by atoms with Crippen molar-refractivity contribution >= 4 is 33.6 Å². The molecule has 0 aliphatic rings. The molecule has 0 saturated heterocycles. The van der Waals surface area contributed by atoms with E-state index in [1.54, 1.807) is 12.1 Å². The maximum Gasteiger partial charge on any atom is 0.308 e. The second-order valence-corrected chi connectivity index (χ2v) is 5.25. The maximum absolute atomic E-state index is 11.7. The second-order valence-electron chi connectivity index (χ2n) is 4.69. The van der Waals surface area contributed by atoms with E-state index in [4.69, 9.17) is 4.74 Å². The fourth-order valence-electron chi connectivity index (χ4n) is 1.96. The summed E-state index contributed by atoms with van der Waals surface area (Å²) in [5.41, 5.74) is 1.64. The van der Waals surface area contributed by atoms with Crippen LogP contribution in [0, 0.1) is 0 Å². The van der Waals surface area contributed by atoms with Gasteiger partial charge < -0.3 is 10.1 Å². The van der Waals surface area contributed by atoms with Gasteiger partial charge in [-0.25, -0.2) is 0 Å². The Kier molecular flexibility index (Phi) is 6.55. The van der Waals surface area contributed by atoms with E-state index in [1.807, 2.05) is 6.07 Å². The van der Waals surface area contributed by atoms with Gasteiger partial charge in [-0.05, 0) is 18.6 Å². The number of hydrogen-bond acceptors (Lipinski definition) is 4. The Hall–Kier alpha value is -1.69. The average Bonchev–Trinajstić information content (AvgIpc) is 2.38. The standard InChI is InChI=1S/C15H18BrNO4/c1-9(18)14(17-10(2)19)7-13-12(8-16)5-4-6-15(13)21-11(3)20/h4-6,14H,7-8H2,1-3H3,(H,17,19)/t14-/m0/s1. The summed E-state index contributed by atoms with van der Waals surface area (Å²) < 4.78 is 5.19. The van der Waals surface area contributed by atoms with E-state index in [1.165, 1.54) is 20.8 Å². The number of amides is 1. The Labute approximate surface area is 132 Å². The number of nitrogens with one attached hydrogen (secondary N) is 1. The molecule has 6 heteroatoms. The molecule has 0 aliphatic carbocycles. The van der Waals surface area contributed by atoms with Gasteiger partial charge in [-0.15, -0.1) is 0 Å². The number of rotatable bonds is 6. The summed E-state index contributed by atoms with van der Waals surface area (Å²) in [6.07, 6.45) is 0.277. The van der Waals surface area contributed by atoms with Crippen molar-refractivity contribution in [3.63, 3.8) is 0 Å². The topological polar surface area (TPSA) is 72.5 Å². The quantitative estimate of drug-likeness (QED) is 0.482. The van der Waals surface area contributed by atoms with Crippen LogP contribution < -0.4 is 10.1 Å². The van der Waals surface area contributed by atoms with Gasteiger partial charge >= 0.3 is 5.97 Å². The predicted octanol–water partition coefficient (Wildman–Crippen LogP) is 2.14. The normalized spacial score (nSPS) is 11.6. The Bertz CT molecular complexity index is 557. The summed E-state index contributed by atoms with van der Waals surface area (Å²) in [6, 6.07) is 4.69. The molecule has 0 spiro atoms. The Balaban J connectivity index is 3.15. The van der Waals surface area contributed by atoms with E-state index in [2.05, 4.69) is 21.2 Å². The molecule has 1 amide bonds. The van der Waals surface area contributed by atoms with Gasteiger partial charge in [0.05, 0.1) is 6.04 Å². The Morgan fingerprint density at radius 2 is 1.90 bits per heavy atom. The van der Waals surface area contributed by atoms with Crippen LogP contribution in [0.2, 0.25) is 0 Å².